The van der Waals surface area contributed by atoms with Crippen LogP contribution >= 0.6 is 0 Å². The summed E-state index contributed by atoms with van der Waals surface area (Å²) in [6, 6.07) is 8.52. The van der Waals surface area contributed by atoms with Gasteiger partial charge >= 0.3 is 0 Å². The van der Waals surface area contributed by atoms with E-state index in [0.717, 1.165) is 50.7 Å². The zero-order valence-electron chi connectivity index (χ0n) is 15.9. The van der Waals surface area contributed by atoms with Crippen molar-refractivity contribution in [3.05, 3.63) is 29.8 Å². The highest BCUT2D eigenvalue weighted by Gasteiger charge is 2.26. The lowest BCUT2D eigenvalue weighted by atomic mass is 10.0. The average molecular weight is 348 g/mol. The van der Waals surface area contributed by atoms with E-state index in [2.05, 4.69) is 41.1 Å². The van der Waals surface area contributed by atoms with Crippen LogP contribution in [0.1, 0.15) is 39.2 Å². The normalized spacial score (nSPS) is 19.3. The van der Waals surface area contributed by atoms with Gasteiger partial charge in [-0.3, -0.25) is 14.6 Å². The predicted molar refractivity (Wildman–Crippen MR) is 103 cm³/mol. The first-order chi connectivity index (χ1) is 12.0. The molecule has 0 bridgehead atoms. The maximum Gasteiger partial charge on any atom is 0.221 e. The lowest BCUT2D eigenvalue weighted by Gasteiger charge is -2.41. The van der Waals surface area contributed by atoms with Crippen LogP contribution in [0.4, 0.5) is 5.69 Å². The van der Waals surface area contributed by atoms with Gasteiger partial charge in [-0.1, -0.05) is 26.0 Å². The van der Waals surface area contributed by atoms with Crippen LogP contribution in [-0.4, -0.2) is 59.6 Å². The Morgan fingerprint density at radius 1 is 1.28 bits per heavy atom. The number of nitrogens with one attached hydrogen (secondary N) is 1. The topological polar surface area (TPSA) is 55.8 Å². The number of hydrogen-bond donors (Lipinski definition) is 2. The molecule has 1 fully saturated rings. The smallest absolute Gasteiger partial charge is 0.221 e. The molecule has 1 atom stereocenters. The summed E-state index contributed by atoms with van der Waals surface area (Å²) in [6.45, 7) is 11.5. The molecule has 0 aromatic heterocycles. The molecule has 1 aliphatic rings. The van der Waals surface area contributed by atoms with Gasteiger partial charge < -0.3 is 10.4 Å². The highest BCUT2D eigenvalue weighted by molar-refractivity contribution is 5.88. The van der Waals surface area contributed by atoms with E-state index < -0.39 is 0 Å². The Hall–Kier alpha value is -1.43. The number of aliphatic hydroxyl groups is 1. The van der Waals surface area contributed by atoms with Gasteiger partial charge in [0.25, 0.3) is 0 Å². The molecule has 2 N–H and O–H groups in total. The van der Waals surface area contributed by atoms with Crippen LogP contribution < -0.4 is 5.32 Å². The quantitative estimate of drug-likeness (QED) is 0.759. The number of nitrogens with zero attached hydrogens (tertiary/aromatic N) is 2. The summed E-state index contributed by atoms with van der Waals surface area (Å²) in [5.74, 6) is 0.673. The van der Waals surface area contributed by atoms with Crippen LogP contribution in [0.3, 0.4) is 0 Å². The number of rotatable bonds is 8. The van der Waals surface area contributed by atoms with Crippen LogP contribution in [0.25, 0.3) is 0 Å². The molecule has 1 amide bonds. The molecule has 0 saturated carbocycles. The van der Waals surface area contributed by atoms with Crippen molar-refractivity contribution in [1.29, 1.82) is 0 Å². The average Bonchev–Trinajstić information content (AvgIpc) is 2.56. The van der Waals surface area contributed by atoms with Crippen molar-refractivity contribution in [2.24, 2.45) is 5.92 Å². The molecule has 0 radical (unpaired) electrons. The summed E-state index contributed by atoms with van der Waals surface area (Å²) in [7, 11) is 0. The summed E-state index contributed by atoms with van der Waals surface area (Å²) >= 11 is 0. The van der Waals surface area contributed by atoms with Gasteiger partial charge in [0.2, 0.25) is 5.91 Å². The Balaban J connectivity index is 1.89. The van der Waals surface area contributed by atoms with Crippen molar-refractivity contribution < 1.29 is 9.90 Å². The molecule has 25 heavy (non-hydrogen) atoms. The molecule has 1 aromatic rings. The maximum absolute atomic E-state index is 11.1. The number of carbonyl (C=O) groups is 1. The molecule has 2 rings (SSSR count). The Morgan fingerprint density at radius 3 is 2.60 bits per heavy atom. The largest absolute Gasteiger partial charge is 0.396 e. The Morgan fingerprint density at radius 2 is 2.00 bits per heavy atom. The summed E-state index contributed by atoms with van der Waals surface area (Å²) in [5.41, 5.74) is 2.10. The number of amides is 1. The molecule has 0 spiro atoms. The van der Waals surface area contributed by atoms with E-state index in [1.54, 1.807) is 0 Å². The number of hydrogen-bond acceptors (Lipinski definition) is 4. The summed E-state index contributed by atoms with van der Waals surface area (Å²) < 4.78 is 0. The molecule has 1 saturated heterocycles. The fourth-order valence-electron chi connectivity index (χ4n) is 3.40. The van der Waals surface area contributed by atoms with E-state index in [1.165, 1.54) is 18.9 Å². The van der Waals surface area contributed by atoms with Crippen molar-refractivity contribution in [2.45, 2.75) is 46.2 Å². The lowest BCUT2D eigenvalue weighted by molar-refractivity contribution is -0.114. The molecular formula is C20H33N3O2. The van der Waals surface area contributed by atoms with Crippen LogP contribution in [-0.2, 0) is 11.3 Å². The number of anilines is 1. The first kappa shape index (κ1) is 19.9. The second kappa shape index (κ2) is 9.90. The van der Waals surface area contributed by atoms with Crippen molar-refractivity contribution in [3.8, 4) is 0 Å². The minimum Gasteiger partial charge on any atom is -0.396 e. The van der Waals surface area contributed by atoms with E-state index in [4.69, 9.17) is 0 Å². The number of benzene rings is 1. The van der Waals surface area contributed by atoms with E-state index >= 15 is 0 Å². The monoisotopic (exact) mass is 347 g/mol. The van der Waals surface area contributed by atoms with E-state index in [1.807, 2.05) is 12.1 Å². The van der Waals surface area contributed by atoms with Crippen molar-refractivity contribution in [1.82, 2.24) is 9.80 Å². The molecule has 0 unspecified atom stereocenters. The minimum absolute atomic E-state index is 0.0443. The fourth-order valence-corrected chi connectivity index (χ4v) is 3.40. The second-order valence-corrected chi connectivity index (χ2v) is 7.50. The Kier molecular flexibility index (Phi) is 7.88. The SMILES string of the molecule is CC(=O)Nc1ccc(CN2CCN(CCC(C)C)[C@@H](CCO)C2)cc1. The van der Waals surface area contributed by atoms with Gasteiger partial charge in [-0.15, -0.1) is 0 Å². The Bertz CT molecular complexity index is 530. The zero-order valence-corrected chi connectivity index (χ0v) is 15.9. The third kappa shape index (κ3) is 6.77. The number of carbonyl (C=O) groups excluding carboxylic acids is 1. The molecule has 140 valence electrons. The number of piperazine rings is 1. The summed E-state index contributed by atoms with van der Waals surface area (Å²) in [5, 5.41) is 12.2. The van der Waals surface area contributed by atoms with Gasteiger partial charge in [0.05, 0.1) is 0 Å². The molecule has 5 nitrogen and oxygen atoms in total. The van der Waals surface area contributed by atoms with Crippen molar-refractivity contribution >= 4 is 11.6 Å². The van der Waals surface area contributed by atoms with Gasteiger partial charge in [-0.05, 0) is 43.0 Å². The zero-order chi connectivity index (χ0) is 18.2. The van der Waals surface area contributed by atoms with Crippen molar-refractivity contribution in [2.75, 3.05) is 38.1 Å². The van der Waals surface area contributed by atoms with Crippen LogP contribution in [0.2, 0.25) is 0 Å². The van der Waals surface area contributed by atoms with Gasteiger partial charge in [-0.25, -0.2) is 0 Å². The van der Waals surface area contributed by atoms with Gasteiger partial charge in [0, 0.05) is 51.4 Å². The van der Waals surface area contributed by atoms with Gasteiger partial charge in [-0.2, -0.15) is 0 Å². The second-order valence-electron chi connectivity index (χ2n) is 7.50. The predicted octanol–water partition coefficient (Wildman–Crippen LogP) is 2.56. The molecular weight excluding hydrogens is 314 g/mol. The molecule has 5 heteroatoms. The van der Waals surface area contributed by atoms with E-state index in [0.29, 0.717) is 6.04 Å². The fraction of sp³-hybridized carbons (Fsp3) is 0.650. The summed E-state index contributed by atoms with van der Waals surface area (Å²) in [4.78, 5) is 16.1. The van der Waals surface area contributed by atoms with Crippen molar-refractivity contribution in [3.63, 3.8) is 0 Å². The van der Waals surface area contributed by atoms with Crippen LogP contribution in [0.15, 0.2) is 24.3 Å². The summed E-state index contributed by atoms with van der Waals surface area (Å²) in [6.07, 6.45) is 2.06. The van der Waals surface area contributed by atoms with Gasteiger partial charge in [0.15, 0.2) is 0 Å². The van der Waals surface area contributed by atoms with Crippen LogP contribution in [0, 0.1) is 5.92 Å². The third-order valence-electron chi connectivity index (χ3n) is 4.83. The molecule has 1 aliphatic heterocycles. The molecule has 0 aliphatic carbocycles. The van der Waals surface area contributed by atoms with E-state index in [-0.39, 0.29) is 12.5 Å². The standard InChI is InChI=1S/C20H33N3O2/c1-16(2)8-10-23-12-11-22(15-20(23)9-13-24)14-18-4-6-19(7-5-18)21-17(3)25/h4-7,16,20,24H,8-15H2,1-3H3,(H,21,25)/t20-/m0/s1. The highest BCUT2D eigenvalue weighted by atomic mass is 16.3. The lowest BCUT2D eigenvalue weighted by Crippen LogP contribution is -2.53. The molecule has 1 aromatic carbocycles. The Labute approximate surface area is 152 Å². The van der Waals surface area contributed by atoms with Crippen LogP contribution in [0.5, 0.6) is 0 Å². The molecule has 1 heterocycles. The minimum atomic E-state index is -0.0443. The first-order valence-electron chi connectivity index (χ1n) is 9.41. The van der Waals surface area contributed by atoms with E-state index in [9.17, 15) is 9.90 Å². The number of aliphatic hydroxyl groups excluding tert-OH is 1. The maximum atomic E-state index is 11.1. The first-order valence-corrected chi connectivity index (χ1v) is 9.41. The van der Waals surface area contributed by atoms with Gasteiger partial charge in [0.1, 0.15) is 0 Å². The third-order valence-corrected chi connectivity index (χ3v) is 4.83. The highest BCUT2D eigenvalue weighted by Crippen LogP contribution is 2.18.